The molecule has 0 saturated heterocycles. The number of benzene rings is 5. The van der Waals surface area contributed by atoms with E-state index in [9.17, 15) is 18.0 Å². The molecule has 2 aliphatic rings. The Hall–Kier alpha value is -6.15. The van der Waals surface area contributed by atoms with Crippen LogP contribution in [0.5, 0.6) is 17.2 Å². The molecule has 0 fully saturated rings. The fourth-order valence-corrected chi connectivity index (χ4v) is 10.2. The number of fused-ring (bicyclic) bond motifs is 2. The van der Waals surface area contributed by atoms with Crippen molar-refractivity contribution in [1.29, 1.82) is 5.26 Å². The highest BCUT2D eigenvalue weighted by molar-refractivity contribution is 7.91. The SMILES string of the molecule is COC(=O)C(Cc1ccc(-c2ccc(C#N)cc2)cc1)NC(=O)[C@@H]1Cc2cc3c(cc2CN1S(=O)(=O)c1cnc(N)s1)O[C@@H](c1ccc(OCc2ccc(Cl)c(Cl)c2)cc1)CO3. The summed E-state index contributed by atoms with van der Waals surface area (Å²) in [6, 6.07) is 30.5. The van der Waals surface area contributed by atoms with Gasteiger partial charge in [-0.25, -0.2) is 18.2 Å². The number of amides is 1. The molecular formula is C45H37Cl2N5O8S2. The van der Waals surface area contributed by atoms with Gasteiger partial charge >= 0.3 is 5.97 Å². The van der Waals surface area contributed by atoms with Gasteiger partial charge in [-0.2, -0.15) is 9.57 Å². The van der Waals surface area contributed by atoms with Crippen LogP contribution in [0.4, 0.5) is 5.13 Å². The van der Waals surface area contributed by atoms with Crippen LogP contribution in [0.3, 0.4) is 0 Å². The van der Waals surface area contributed by atoms with E-state index in [1.165, 1.54) is 7.11 Å². The normalized spacial score (nSPS) is 16.4. The molecule has 0 saturated carbocycles. The lowest BCUT2D eigenvalue weighted by atomic mass is 9.93. The molecule has 0 aliphatic carbocycles. The standard InChI is InChI=1S/C45H37Cl2N5O8S2/c1-57-44(54)37(17-26-2-7-29(8-3-26)30-9-4-27(21-48)5-10-30)51-43(53)38-18-32-19-39-40(20-33(32)23-52(38)62(55,56)42-22-50-45(49)61-42)60-41(25-59-39)31-11-13-34(14-12-31)58-24-28-6-15-35(46)36(47)16-28/h2-16,19-20,22,37-38,41H,17-18,23-25H2,1H3,(H2,49,50)(H,51,53)/t37?,38-,41+/m0/s1. The van der Waals surface area contributed by atoms with Crippen LogP contribution < -0.4 is 25.3 Å². The van der Waals surface area contributed by atoms with Crippen molar-refractivity contribution in [2.24, 2.45) is 0 Å². The zero-order chi connectivity index (χ0) is 43.5. The Morgan fingerprint density at radius 3 is 2.31 bits per heavy atom. The van der Waals surface area contributed by atoms with Gasteiger partial charge in [0, 0.05) is 13.0 Å². The van der Waals surface area contributed by atoms with E-state index in [2.05, 4.69) is 16.4 Å². The van der Waals surface area contributed by atoms with Gasteiger partial charge in [-0.05, 0) is 93.9 Å². The fraction of sp³-hybridized carbons (Fsp3) is 0.200. The molecule has 3 atom stereocenters. The lowest BCUT2D eigenvalue weighted by Crippen LogP contribution is -2.55. The Morgan fingerprint density at radius 2 is 1.65 bits per heavy atom. The van der Waals surface area contributed by atoms with Crippen LogP contribution in [0.25, 0.3) is 11.1 Å². The second-order valence-electron chi connectivity index (χ2n) is 14.6. The van der Waals surface area contributed by atoms with Gasteiger partial charge in [-0.1, -0.05) is 89.1 Å². The third-order valence-electron chi connectivity index (χ3n) is 10.6. The Labute approximate surface area is 371 Å². The fourth-order valence-electron chi connectivity index (χ4n) is 7.26. The summed E-state index contributed by atoms with van der Waals surface area (Å²) in [7, 11) is -3.10. The summed E-state index contributed by atoms with van der Waals surface area (Å²) in [5.41, 5.74) is 11.9. The van der Waals surface area contributed by atoms with Gasteiger partial charge in [0.25, 0.3) is 10.0 Å². The number of nitrogen functional groups attached to an aromatic ring is 1. The van der Waals surface area contributed by atoms with Gasteiger partial charge in [0.15, 0.2) is 26.9 Å². The van der Waals surface area contributed by atoms with Crippen molar-refractivity contribution in [2.75, 3.05) is 19.5 Å². The van der Waals surface area contributed by atoms with Crippen molar-refractivity contribution >= 4 is 61.6 Å². The number of carbonyl (C=O) groups excluding carboxylic acids is 2. The highest BCUT2D eigenvalue weighted by atomic mass is 35.5. The average molecular weight is 911 g/mol. The molecule has 62 heavy (non-hydrogen) atoms. The van der Waals surface area contributed by atoms with E-state index < -0.39 is 40.1 Å². The van der Waals surface area contributed by atoms with Crippen molar-refractivity contribution in [3.63, 3.8) is 0 Å². The first-order chi connectivity index (χ1) is 29.9. The molecule has 1 unspecified atom stereocenters. The number of nitriles is 1. The number of rotatable bonds is 12. The highest BCUT2D eigenvalue weighted by Gasteiger charge is 2.42. The van der Waals surface area contributed by atoms with Crippen LogP contribution in [0.1, 0.15) is 39.5 Å². The van der Waals surface area contributed by atoms with Crippen molar-refractivity contribution in [1.82, 2.24) is 14.6 Å². The molecular weight excluding hydrogens is 874 g/mol. The van der Waals surface area contributed by atoms with Crippen molar-refractivity contribution in [3.05, 3.63) is 153 Å². The minimum Gasteiger partial charge on any atom is -0.489 e. The first kappa shape index (κ1) is 42.5. The summed E-state index contributed by atoms with van der Waals surface area (Å²) in [6.07, 6.45) is 0.721. The second-order valence-corrected chi connectivity index (χ2v) is 18.5. The summed E-state index contributed by atoms with van der Waals surface area (Å²) in [6.45, 7) is 0.299. The number of nitrogens with two attached hydrogens (primary N) is 1. The quantitative estimate of drug-likeness (QED) is 0.115. The molecule has 1 amide bonds. The van der Waals surface area contributed by atoms with Crippen LogP contribution in [0, 0.1) is 11.3 Å². The maximum atomic E-state index is 14.3. The van der Waals surface area contributed by atoms with Gasteiger partial charge in [-0.15, -0.1) is 0 Å². The van der Waals surface area contributed by atoms with Crippen molar-refractivity contribution < 1.29 is 37.0 Å². The first-order valence-electron chi connectivity index (χ1n) is 19.2. The number of hydrogen-bond donors (Lipinski definition) is 2. The van der Waals surface area contributed by atoms with Gasteiger partial charge < -0.3 is 30.0 Å². The van der Waals surface area contributed by atoms with E-state index in [1.54, 1.807) is 36.4 Å². The lowest BCUT2D eigenvalue weighted by Gasteiger charge is -2.36. The molecule has 8 rings (SSSR count). The summed E-state index contributed by atoms with van der Waals surface area (Å²) in [4.78, 5) is 31.4. The van der Waals surface area contributed by atoms with Crippen LogP contribution >= 0.6 is 34.5 Å². The zero-order valence-corrected chi connectivity index (χ0v) is 36.1. The number of esters is 1. The molecule has 13 nitrogen and oxygen atoms in total. The molecule has 3 heterocycles. The van der Waals surface area contributed by atoms with Crippen molar-refractivity contribution in [3.8, 4) is 34.4 Å². The molecule has 0 radical (unpaired) electrons. The van der Waals surface area contributed by atoms with Crippen molar-refractivity contribution in [2.45, 2.75) is 48.4 Å². The van der Waals surface area contributed by atoms with E-state index in [4.69, 9.17) is 53.1 Å². The lowest BCUT2D eigenvalue weighted by molar-refractivity contribution is -0.145. The number of hydrogen-bond acceptors (Lipinski definition) is 12. The molecule has 2 aliphatic heterocycles. The van der Waals surface area contributed by atoms with E-state index in [1.807, 2.05) is 66.7 Å². The molecule has 3 N–H and O–H groups in total. The number of anilines is 1. The predicted molar refractivity (Wildman–Crippen MR) is 234 cm³/mol. The van der Waals surface area contributed by atoms with Crippen LogP contribution in [-0.4, -0.2) is 55.4 Å². The third kappa shape index (κ3) is 9.20. The number of nitrogens with one attached hydrogen (secondary N) is 1. The average Bonchev–Trinajstić information content (AvgIpc) is 3.75. The number of aromatic nitrogens is 1. The molecule has 0 bridgehead atoms. The Kier molecular flexibility index (Phi) is 12.4. The first-order valence-corrected chi connectivity index (χ1v) is 22.2. The summed E-state index contributed by atoms with van der Waals surface area (Å²) in [5, 5.41) is 12.9. The van der Waals surface area contributed by atoms with Gasteiger partial charge in [0.05, 0.1) is 35.0 Å². The maximum Gasteiger partial charge on any atom is 0.328 e. The number of nitrogens with zero attached hydrogens (tertiary/aromatic N) is 3. The summed E-state index contributed by atoms with van der Waals surface area (Å²) in [5.74, 6) is 0.110. The van der Waals surface area contributed by atoms with E-state index in [0.717, 1.165) is 49.7 Å². The second kappa shape index (κ2) is 18.1. The molecule has 0 spiro atoms. The maximum absolute atomic E-state index is 14.3. The molecule has 5 aromatic carbocycles. The van der Waals surface area contributed by atoms with Crippen LogP contribution in [0.15, 0.2) is 114 Å². The largest absolute Gasteiger partial charge is 0.489 e. The zero-order valence-electron chi connectivity index (χ0n) is 32.9. The Balaban J connectivity index is 1.00. The van der Waals surface area contributed by atoms with Gasteiger partial charge in [0.1, 0.15) is 31.0 Å². The number of methoxy groups -OCH3 is 1. The molecule has 17 heteroatoms. The van der Waals surface area contributed by atoms with E-state index in [-0.39, 0.29) is 35.3 Å². The van der Waals surface area contributed by atoms with Crippen LogP contribution in [-0.2, 0) is 50.3 Å². The van der Waals surface area contributed by atoms with E-state index in [0.29, 0.717) is 50.6 Å². The van der Waals surface area contributed by atoms with E-state index >= 15 is 0 Å². The minimum atomic E-state index is -4.32. The number of carbonyl (C=O) groups is 2. The van der Waals surface area contributed by atoms with Crippen LogP contribution in [0.2, 0.25) is 10.0 Å². The number of thiazole rings is 1. The molecule has 316 valence electrons. The van der Waals surface area contributed by atoms with Gasteiger partial charge in [-0.3, -0.25) is 4.79 Å². The van der Waals surface area contributed by atoms with Gasteiger partial charge in [0.2, 0.25) is 5.91 Å². The Bertz CT molecular complexity index is 2800. The molecule has 6 aromatic rings. The monoisotopic (exact) mass is 909 g/mol. The number of ether oxygens (including phenoxy) is 4. The molecule has 1 aromatic heterocycles. The summed E-state index contributed by atoms with van der Waals surface area (Å²) >= 11 is 13.0. The third-order valence-corrected chi connectivity index (χ3v) is 14.4. The smallest absolute Gasteiger partial charge is 0.328 e. The number of sulfonamides is 1. The predicted octanol–water partition coefficient (Wildman–Crippen LogP) is 7.68. The Morgan fingerprint density at radius 1 is 0.952 bits per heavy atom. The topological polar surface area (TPSA) is 183 Å². The number of halogens is 2. The summed E-state index contributed by atoms with van der Waals surface area (Å²) < 4.78 is 53.1. The minimum absolute atomic E-state index is 0.0361. The highest BCUT2D eigenvalue weighted by Crippen LogP contribution is 2.42.